The van der Waals surface area contributed by atoms with Gasteiger partial charge in [0, 0.05) is 18.7 Å². The minimum absolute atomic E-state index is 0.0179. The summed E-state index contributed by atoms with van der Waals surface area (Å²) >= 11 is 1.48. The zero-order valence-corrected chi connectivity index (χ0v) is 16.0. The van der Waals surface area contributed by atoms with Crippen LogP contribution in [0.5, 0.6) is 5.75 Å². The van der Waals surface area contributed by atoms with Gasteiger partial charge in [-0.05, 0) is 32.0 Å². The van der Waals surface area contributed by atoms with Crippen molar-refractivity contribution in [2.75, 3.05) is 7.11 Å². The first-order chi connectivity index (χ1) is 12.6. The third kappa shape index (κ3) is 3.85. The lowest BCUT2D eigenvalue weighted by Gasteiger charge is -2.14. The lowest BCUT2D eigenvalue weighted by molar-refractivity contribution is -0.120. The van der Waals surface area contributed by atoms with E-state index in [9.17, 15) is 4.79 Å². The molecule has 0 bridgehead atoms. The molecule has 1 atom stereocenters. The normalized spacial score (nSPS) is 12.1. The third-order valence-corrected chi connectivity index (χ3v) is 5.32. The first-order valence-electron chi connectivity index (χ1n) is 8.65. The molecule has 0 saturated carbocycles. The van der Waals surface area contributed by atoms with Crippen LogP contribution in [0, 0.1) is 0 Å². The summed E-state index contributed by atoms with van der Waals surface area (Å²) in [4.78, 5) is 17.2. The smallest absolute Gasteiger partial charge is 0.233 e. The highest BCUT2D eigenvalue weighted by Crippen LogP contribution is 2.27. The molecule has 3 aromatic rings. The number of fused-ring (bicyclic) bond motifs is 1. The molecule has 0 spiro atoms. The number of aromatic nitrogens is 2. The van der Waals surface area contributed by atoms with E-state index in [-0.39, 0.29) is 11.2 Å². The molecule has 0 saturated heterocycles. The number of hydrogen-bond acceptors (Lipinski definition) is 4. The number of rotatable bonds is 7. The zero-order valence-electron chi connectivity index (χ0n) is 15.2. The van der Waals surface area contributed by atoms with E-state index in [4.69, 9.17) is 4.74 Å². The second-order valence-corrected chi connectivity index (χ2v) is 7.23. The van der Waals surface area contributed by atoms with Crippen molar-refractivity contribution >= 4 is 28.7 Å². The van der Waals surface area contributed by atoms with Crippen molar-refractivity contribution in [2.24, 2.45) is 0 Å². The number of ether oxygens (including phenoxy) is 1. The number of imidazole rings is 1. The standard InChI is InChI=1S/C20H23N3O2S/c1-4-23-17-11-7-6-10-16(17)22-20(23)26-14(2)19(24)21-13-15-9-5-8-12-18(15)25-3/h5-12,14H,4,13H2,1-3H3,(H,21,24). The van der Waals surface area contributed by atoms with Gasteiger partial charge in [0.05, 0.1) is 23.4 Å². The summed E-state index contributed by atoms with van der Waals surface area (Å²) in [6, 6.07) is 15.7. The fourth-order valence-electron chi connectivity index (χ4n) is 2.84. The highest BCUT2D eigenvalue weighted by atomic mass is 32.2. The van der Waals surface area contributed by atoms with Gasteiger partial charge in [-0.2, -0.15) is 0 Å². The first-order valence-corrected chi connectivity index (χ1v) is 9.53. The topological polar surface area (TPSA) is 56.2 Å². The van der Waals surface area contributed by atoms with Gasteiger partial charge in [-0.15, -0.1) is 0 Å². The number of nitrogens with one attached hydrogen (secondary N) is 1. The summed E-state index contributed by atoms with van der Waals surface area (Å²) in [5.41, 5.74) is 3.01. The molecule has 1 unspecified atom stereocenters. The Morgan fingerprint density at radius 1 is 1.23 bits per heavy atom. The van der Waals surface area contributed by atoms with Gasteiger partial charge in [0.2, 0.25) is 5.91 Å². The predicted molar refractivity (Wildman–Crippen MR) is 106 cm³/mol. The highest BCUT2D eigenvalue weighted by Gasteiger charge is 2.19. The van der Waals surface area contributed by atoms with Crippen molar-refractivity contribution in [3.8, 4) is 5.75 Å². The fraction of sp³-hybridized carbons (Fsp3) is 0.300. The van der Waals surface area contributed by atoms with E-state index in [0.717, 1.165) is 34.0 Å². The summed E-state index contributed by atoms with van der Waals surface area (Å²) in [6.07, 6.45) is 0. The van der Waals surface area contributed by atoms with E-state index in [1.807, 2.05) is 49.4 Å². The fourth-order valence-corrected chi connectivity index (χ4v) is 3.85. The second-order valence-electron chi connectivity index (χ2n) is 5.92. The molecule has 0 aliphatic heterocycles. The Bertz CT molecular complexity index is 907. The Labute approximate surface area is 157 Å². The molecule has 1 heterocycles. The summed E-state index contributed by atoms with van der Waals surface area (Å²) in [5, 5.41) is 3.61. The largest absolute Gasteiger partial charge is 0.496 e. The molecule has 1 amide bonds. The van der Waals surface area contributed by atoms with Gasteiger partial charge in [-0.3, -0.25) is 4.79 Å². The van der Waals surface area contributed by atoms with Crippen LogP contribution < -0.4 is 10.1 Å². The van der Waals surface area contributed by atoms with Crippen LogP contribution in [0.1, 0.15) is 19.4 Å². The predicted octanol–water partition coefficient (Wildman–Crippen LogP) is 3.86. The molecule has 1 N–H and O–H groups in total. The average Bonchev–Trinajstić information content (AvgIpc) is 3.03. The molecular formula is C20H23N3O2S. The molecule has 0 fully saturated rings. The Morgan fingerprint density at radius 2 is 1.96 bits per heavy atom. The molecule has 0 aliphatic carbocycles. The summed E-state index contributed by atoms with van der Waals surface area (Å²) in [7, 11) is 1.63. The molecular weight excluding hydrogens is 346 g/mol. The number of carbonyl (C=O) groups is 1. The number of benzene rings is 2. The number of hydrogen-bond donors (Lipinski definition) is 1. The van der Waals surface area contributed by atoms with Gasteiger partial charge in [0.1, 0.15) is 5.75 Å². The van der Waals surface area contributed by atoms with E-state index >= 15 is 0 Å². The van der Waals surface area contributed by atoms with Crippen molar-refractivity contribution in [3.63, 3.8) is 0 Å². The van der Waals surface area contributed by atoms with E-state index in [0.29, 0.717) is 6.54 Å². The minimum atomic E-state index is -0.244. The maximum absolute atomic E-state index is 12.5. The molecule has 1 aromatic heterocycles. The first kappa shape index (κ1) is 18.3. The molecule has 3 rings (SSSR count). The summed E-state index contributed by atoms with van der Waals surface area (Å²) in [6.45, 7) is 5.25. The molecule has 26 heavy (non-hydrogen) atoms. The SMILES string of the molecule is CCn1c(SC(C)C(=O)NCc2ccccc2OC)nc2ccccc21. The third-order valence-electron chi connectivity index (χ3n) is 4.23. The van der Waals surface area contributed by atoms with E-state index < -0.39 is 0 Å². The molecule has 0 aliphatic rings. The van der Waals surface area contributed by atoms with Crippen LogP contribution in [0.15, 0.2) is 53.7 Å². The Morgan fingerprint density at radius 3 is 2.73 bits per heavy atom. The van der Waals surface area contributed by atoms with Gasteiger partial charge in [0.25, 0.3) is 0 Å². The zero-order chi connectivity index (χ0) is 18.5. The molecule has 2 aromatic carbocycles. The molecule has 5 nitrogen and oxygen atoms in total. The quantitative estimate of drug-likeness (QED) is 0.643. The molecule has 136 valence electrons. The second kappa shape index (κ2) is 8.27. The summed E-state index contributed by atoms with van der Waals surface area (Å²) < 4.78 is 7.47. The average molecular weight is 369 g/mol. The van der Waals surface area contributed by atoms with Crippen molar-refractivity contribution in [3.05, 3.63) is 54.1 Å². The van der Waals surface area contributed by atoms with Crippen LogP contribution >= 0.6 is 11.8 Å². The van der Waals surface area contributed by atoms with E-state index in [1.165, 1.54) is 11.8 Å². The lowest BCUT2D eigenvalue weighted by Crippen LogP contribution is -2.30. The van der Waals surface area contributed by atoms with Crippen LogP contribution in [-0.4, -0.2) is 27.8 Å². The van der Waals surface area contributed by atoms with E-state index in [2.05, 4.69) is 27.9 Å². The highest BCUT2D eigenvalue weighted by molar-refractivity contribution is 8.00. The maximum atomic E-state index is 12.5. The van der Waals surface area contributed by atoms with Crippen LogP contribution in [0.2, 0.25) is 0 Å². The van der Waals surface area contributed by atoms with Gasteiger partial charge in [-0.25, -0.2) is 4.98 Å². The van der Waals surface area contributed by atoms with Gasteiger partial charge < -0.3 is 14.6 Å². The van der Waals surface area contributed by atoms with Crippen LogP contribution in [-0.2, 0) is 17.9 Å². The van der Waals surface area contributed by atoms with E-state index in [1.54, 1.807) is 7.11 Å². The molecule has 6 heteroatoms. The Kier molecular flexibility index (Phi) is 5.83. The number of thioether (sulfide) groups is 1. The van der Waals surface area contributed by atoms with Crippen molar-refractivity contribution in [1.82, 2.24) is 14.9 Å². The summed E-state index contributed by atoms with van der Waals surface area (Å²) in [5.74, 6) is 0.761. The Hall–Kier alpha value is -2.47. The van der Waals surface area contributed by atoms with Gasteiger partial charge >= 0.3 is 0 Å². The van der Waals surface area contributed by atoms with Crippen LogP contribution in [0.3, 0.4) is 0 Å². The number of para-hydroxylation sites is 3. The number of amides is 1. The van der Waals surface area contributed by atoms with Gasteiger partial charge in [-0.1, -0.05) is 42.1 Å². The van der Waals surface area contributed by atoms with Crippen molar-refractivity contribution < 1.29 is 9.53 Å². The maximum Gasteiger partial charge on any atom is 0.233 e. The number of nitrogens with zero attached hydrogens (tertiary/aromatic N) is 2. The van der Waals surface area contributed by atoms with Gasteiger partial charge in [0.15, 0.2) is 5.16 Å². The lowest BCUT2D eigenvalue weighted by atomic mass is 10.2. The number of methoxy groups -OCH3 is 1. The van der Waals surface area contributed by atoms with Crippen molar-refractivity contribution in [2.45, 2.75) is 37.3 Å². The monoisotopic (exact) mass is 369 g/mol. The molecule has 0 radical (unpaired) electrons. The minimum Gasteiger partial charge on any atom is -0.496 e. The van der Waals surface area contributed by atoms with Crippen LogP contribution in [0.25, 0.3) is 11.0 Å². The Balaban J connectivity index is 1.68. The number of aryl methyl sites for hydroxylation is 1. The number of carbonyl (C=O) groups excluding carboxylic acids is 1. The van der Waals surface area contributed by atoms with Crippen molar-refractivity contribution in [1.29, 1.82) is 0 Å². The van der Waals surface area contributed by atoms with Crippen LogP contribution in [0.4, 0.5) is 0 Å².